The lowest BCUT2D eigenvalue weighted by atomic mass is 10.0. The van der Waals surface area contributed by atoms with Gasteiger partial charge >= 0.3 is 5.97 Å². The molecule has 1 N–H and O–H groups in total. The van der Waals surface area contributed by atoms with Crippen molar-refractivity contribution in [1.29, 1.82) is 0 Å². The maximum Gasteiger partial charge on any atom is 0.355 e. The zero-order chi connectivity index (χ0) is 16.1. The van der Waals surface area contributed by atoms with E-state index in [-0.39, 0.29) is 12.2 Å². The van der Waals surface area contributed by atoms with Crippen molar-refractivity contribution in [3.05, 3.63) is 52.8 Å². The number of benzene rings is 1. The highest BCUT2D eigenvalue weighted by Crippen LogP contribution is 2.18. The SMILES string of the molecule is CCOC(=O)c1[nH]cc(C(=O)Cc2ccc(OC)cc2)c1C. The highest BCUT2D eigenvalue weighted by Gasteiger charge is 2.19. The number of nitrogens with one attached hydrogen (secondary N) is 1. The number of hydrogen-bond acceptors (Lipinski definition) is 4. The van der Waals surface area contributed by atoms with E-state index in [1.165, 1.54) is 0 Å². The van der Waals surface area contributed by atoms with Crippen LogP contribution in [0.25, 0.3) is 0 Å². The first kappa shape index (κ1) is 15.8. The van der Waals surface area contributed by atoms with Gasteiger partial charge in [-0.25, -0.2) is 4.79 Å². The number of Topliss-reactive ketones (excluding diaryl/α,β-unsaturated/α-hetero) is 1. The first-order chi connectivity index (χ1) is 10.6. The molecule has 0 aliphatic rings. The molecule has 1 aromatic heterocycles. The molecule has 0 radical (unpaired) electrons. The van der Waals surface area contributed by atoms with Crippen LogP contribution in [0.2, 0.25) is 0 Å². The zero-order valence-electron chi connectivity index (χ0n) is 12.9. The molecule has 0 bridgehead atoms. The summed E-state index contributed by atoms with van der Waals surface area (Å²) in [6.07, 6.45) is 1.83. The molecular formula is C17H19NO4. The Kier molecular flexibility index (Phi) is 4.99. The molecular weight excluding hydrogens is 282 g/mol. The maximum atomic E-state index is 12.4. The summed E-state index contributed by atoms with van der Waals surface area (Å²) in [6.45, 7) is 3.78. The van der Waals surface area contributed by atoms with E-state index in [4.69, 9.17) is 9.47 Å². The number of H-pyrrole nitrogens is 1. The molecule has 0 unspecified atom stereocenters. The Bertz CT molecular complexity index is 670. The molecule has 2 aromatic rings. The highest BCUT2D eigenvalue weighted by atomic mass is 16.5. The van der Waals surface area contributed by atoms with Gasteiger partial charge in [0, 0.05) is 18.2 Å². The number of methoxy groups -OCH3 is 1. The Labute approximate surface area is 129 Å². The number of carbonyl (C=O) groups is 2. The summed E-state index contributed by atoms with van der Waals surface area (Å²) in [7, 11) is 1.60. The largest absolute Gasteiger partial charge is 0.497 e. The Hall–Kier alpha value is -2.56. The third-order valence-electron chi connectivity index (χ3n) is 3.44. The summed E-state index contributed by atoms with van der Waals surface area (Å²) in [5.41, 5.74) is 2.36. The lowest BCUT2D eigenvalue weighted by molar-refractivity contribution is 0.0519. The molecule has 5 heteroatoms. The number of ketones is 1. The lowest BCUT2D eigenvalue weighted by Crippen LogP contribution is -2.08. The third kappa shape index (κ3) is 3.36. The van der Waals surface area contributed by atoms with E-state index in [1.807, 2.05) is 24.3 Å². The smallest absolute Gasteiger partial charge is 0.355 e. The van der Waals surface area contributed by atoms with Gasteiger partial charge in [0.15, 0.2) is 5.78 Å². The van der Waals surface area contributed by atoms with Crippen molar-refractivity contribution in [3.8, 4) is 5.75 Å². The second-order valence-electron chi connectivity index (χ2n) is 4.87. The summed E-state index contributed by atoms with van der Waals surface area (Å²) in [6, 6.07) is 7.34. The van der Waals surface area contributed by atoms with Crippen molar-refractivity contribution in [2.45, 2.75) is 20.3 Å². The number of rotatable bonds is 6. The van der Waals surface area contributed by atoms with Crippen molar-refractivity contribution in [2.75, 3.05) is 13.7 Å². The van der Waals surface area contributed by atoms with Gasteiger partial charge < -0.3 is 14.5 Å². The molecule has 0 fully saturated rings. The molecule has 0 saturated heterocycles. The Balaban J connectivity index is 2.14. The number of carbonyl (C=O) groups excluding carboxylic acids is 2. The molecule has 0 atom stereocenters. The van der Waals surface area contributed by atoms with E-state index in [2.05, 4.69) is 4.98 Å². The molecule has 22 heavy (non-hydrogen) atoms. The van der Waals surface area contributed by atoms with Crippen LogP contribution >= 0.6 is 0 Å². The normalized spacial score (nSPS) is 10.3. The van der Waals surface area contributed by atoms with Gasteiger partial charge in [-0.2, -0.15) is 0 Å². The van der Waals surface area contributed by atoms with Crippen LogP contribution in [0.5, 0.6) is 5.75 Å². The van der Waals surface area contributed by atoms with Gasteiger partial charge in [0.05, 0.1) is 13.7 Å². The second-order valence-corrected chi connectivity index (χ2v) is 4.87. The number of ether oxygens (including phenoxy) is 2. The molecule has 1 heterocycles. The van der Waals surface area contributed by atoms with Gasteiger partial charge in [-0.3, -0.25) is 4.79 Å². The standard InChI is InChI=1S/C17H19NO4/c1-4-22-17(20)16-11(2)14(10-18-16)15(19)9-12-5-7-13(21-3)8-6-12/h5-8,10,18H,4,9H2,1-3H3. The van der Waals surface area contributed by atoms with Crippen LogP contribution in [0.1, 0.15) is 38.9 Å². The zero-order valence-corrected chi connectivity index (χ0v) is 12.9. The molecule has 0 aliphatic heterocycles. The van der Waals surface area contributed by atoms with E-state index in [1.54, 1.807) is 27.2 Å². The fourth-order valence-electron chi connectivity index (χ4n) is 2.22. The molecule has 0 spiro atoms. The third-order valence-corrected chi connectivity index (χ3v) is 3.44. The van der Waals surface area contributed by atoms with Gasteiger partial charge in [-0.15, -0.1) is 0 Å². The first-order valence-electron chi connectivity index (χ1n) is 7.08. The highest BCUT2D eigenvalue weighted by molar-refractivity contribution is 6.02. The number of aromatic nitrogens is 1. The minimum Gasteiger partial charge on any atom is -0.497 e. The first-order valence-corrected chi connectivity index (χ1v) is 7.08. The van der Waals surface area contributed by atoms with Gasteiger partial charge in [-0.05, 0) is 37.1 Å². The Morgan fingerprint density at radius 2 is 1.86 bits per heavy atom. The van der Waals surface area contributed by atoms with Crippen LogP contribution in [-0.2, 0) is 11.2 Å². The van der Waals surface area contributed by atoms with Gasteiger partial charge in [-0.1, -0.05) is 12.1 Å². The lowest BCUT2D eigenvalue weighted by Gasteiger charge is -2.04. The minimum absolute atomic E-state index is 0.0468. The minimum atomic E-state index is -0.441. The van der Waals surface area contributed by atoms with Crippen molar-refractivity contribution in [3.63, 3.8) is 0 Å². The summed E-state index contributed by atoms with van der Waals surface area (Å²) in [5.74, 6) is 0.261. The van der Waals surface area contributed by atoms with Gasteiger partial charge in [0.25, 0.3) is 0 Å². The molecule has 5 nitrogen and oxygen atoms in total. The average Bonchev–Trinajstić information content (AvgIpc) is 2.90. The summed E-state index contributed by atoms with van der Waals surface area (Å²) in [4.78, 5) is 27.0. The summed E-state index contributed by atoms with van der Waals surface area (Å²) < 4.78 is 10.0. The fourth-order valence-corrected chi connectivity index (χ4v) is 2.22. The molecule has 1 aromatic carbocycles. The monoisotopic (exact) mass is 301 g/mol. The van der Waals surface area contributed by atoms with Crippen LogP contribution in [0, 0.1) is 6.92 Å². The Morgan fingerprint density at radius 1 is 1.18 bits per heavy atom. The molecule has 0 amide bonds. The van der Waals surface area contributed by atoms with Gasteiger partial charge in [0.2, 0.25) is 0 Å². The van der Waals surface area contributed by atoms with Gasteiger partial charge in [0.1, 0.15) is 11.4 Å². The molecule has 2 rings (SSSR count). The van der Waals surface area contributed by atoms with Crippen molar-refractivity contribution in [1.82, 2.24) is 4.98 Å². The maximum absolute atomic E-state index is 12.4. The predicted molar refractivity (Wildman–Crippen MR) is 82.5 cm³/mol. The van der Waals surface area contributed by atoms with Crippen LogP contribution in [0.3, 0.4) is 0 Å². The van der Waals surface area contributed by atoms with Crippen molar-refractivity contribution < 1.29 is 19.1 Å². The van der Waals surface area contributed by atoms with E-state index in [0.29, 0.717) is 23.4 Å². The molecule has 116 valence electrons. The van der Waals surface area contributed by atoms with Crippen LogP contribution < -0.4 is 4.74 Å². The Morgan fingerprint density at radius 3 is 2.45 bits per heavy atom. The van der Waals surface area contributed by atoms with E-state index in [9.17, 15) is 9.59 Å². The number of aromatic amines is 1. The average molecular weight is 301 g/mol. The molecule has 0 saturated carbocycles. The van der Waals surface area contributed by atoms with E-state index < -0.39 is 5.97 Å². The topological polar surface area (TPSA) is 68.4 Å². The number of hydrogen-bond donors (Lipinski definition) is 1. The quantitative estimate of drug-likeness (QED) is 0.658. The van der Waals surface area contributed by atoms with E-state index >= 15 is 0 Å². The van der Waals surface area contributed by atoms with Crippen LogP contribution in [0.15, 0.2) is 30.5 Å². The summed E-state index contributed by atoms with van der Waals surface area (Å²) >= 11 is 0. The number of esters is 1. The van der Waals surface area contributed by atoms with Crippen molar-refractivity contribution in [2.24, 2.45) is 0 Å². The van der Waals surface area contributed by atoms with Crippen LogP contribution in [0.4, 0.5) is 0 Å². The van der Waals surface area contributed by atoms with Crippen molar-refractivity contribution >= 4 is 11.8 Å². The fraction of sp³-hybridized carbons (Fsp3) is 0.294. The predicted octanol–water partition coefficient (Wildman–Crippen LogP) is 2.93. The second kappa shape index (κ2) is 6.93. The molecule has 0 aliphatic carbocycles. The van der Waals surface area contributed by atoms with E-state index in [0.717, 1.165) is 11.3 Å². The van der Waals surface area contributed by atoms with Crippen LogP contribution in [-0.4, -0.2) is 30.5 Å². The summed E-state index contributed by atoms with van der Waals surface area (Å²) in [5, 5.41) is 0.